The SMILES string of the molecule is Cc1cc(OCc2ccccc2)c(OCc2ccccc2)cc1C(=O)OCC(O)CNC(C)(C)COC(=O)C(C)(C)C. The topological polar surface area (TPSA) is 103 Å². The molecule has 0 heterocycles. The van der Waals surface area contributed by atoms with Gasteiger partial charge in [0.1, 0.15) is 32.5 Å². The lowest BCUT2D eigenvalue weighted by atomic mass is 9.97. The number of hydrogen-bond donors (Lipinski definition) is 2. The molecule has 3 rings (SSSR count). The van der Waals surface area contributed by atoms with E-state index in [1.54, 1.807) is 39.8 Å². The number of hydrogen-bond acceptors (Lipinski definition) is 8. The lowest BCUT2D eigenvalue weighted by Crippen LogP contribution is -2.48. The summed E-state index contributed by atoms with van der Waals surface area (Å²) in [6, 6.07) is 22.9. The van der Waals surface area contributed by atoms with Crippen LogP contribution in [0.2, 0.25) is 0 Å². The van der Waals surface area contributed by atoms with Crippen molar-refractivity contribution in [3.05, 3.63) is 95.1 Å². The van der Waals surface area contributed by atoms with E-state index in [9.17, 15) is 14.7 Å². The van der Waals surface area contributed by atoms with Crippen molar-refractivity contribution in [1.29, 1.82) is 0 Å². The Morgan fingerprint density at radius 2 is 1.33 bits per heavy atom. The van der Waals surface area contributed by atoms with Crippen molar-refractivity contribution in [2.45, 2.75) is 66.4 Å². The molecule has 0 aromatic heterocycles. The van der Waals surface area contributed by atoms with Crippen LogP contribution in [0.5, 0.6) is 11.5 Å². The zero-order chi connectivity index (χ0) is 30.8. The molecular weight excluding hydrogens is 534 g/mol. The van der Waals surface area contributed by atoms with Crippen molar-refractivity contribution in [3.63, 3.8) is 0 Å². The minimum atomic E-state index is -0.964. The van der Waals surface area contributed by atoms with Gasteiger partial charge in [0.05, 0.1) is 11.0 Å². The summed E-state index contributed by atoms with van der Waals surface area (Å²) in [6.45, 7) is 11.6. The zero-order valence-corrected chi connectivity index (χ0v) is 25.4. The number of esters is 2. The lowest BCUT2D eigenvalue weighted by molar-refractivity contribution is -0.155. The molecule has 226 valence electrons. The van der Waals surface area contributed by atoms with E-state index in [0.717, 1.165) is 11.1 Å². The van der Waals surface area contributed by atoms with Crippen molar-refractivity contribution in [2.75, 3.05) is 19.8 Å². The van der Waals surface area contributed by atoms with E-state index >= 15 is 0 Å². The average Bonchev–Trinajstić information content (AvgIpc) is 2.96. The Kier molecular flexibility index (Phi) is 11.5. The molecular formula is C34H43NO7. The maximum Gasteiger partial charge on any atom is 0.338 e. The van der Waals surface area contributed by atoms with Gasteiger partial charge >= 0.3 is 11.9 Å². The van der Waals surface area contributed by atoms with Crippen molar-refractivity contribution < 1.29 is 33.6 Å². The van der Waals surface area contributed by atoms with Gasteiger partial charge in [-0.25, -0.2) is 4.79 Å². The van der Waals surface area contributed by atoms with Crippen LogP contribution in [0.15, 0.2) is 72.8 Å². The molecule has 42 heavy (non-hydrogen) atoms. The number of benzene rings is 3. The predicted molar refractivity (Wildman–Crippen MR) is 162 cm³/mol. The molecule has 3 aromatic rings. The maximum absolute atomic E-state index is 13.1. The molecule has 0 bridgehead atoms. The normalized spacial score (nSPS) is 12.4. The summed E-state index contributed by atoms with van der Waals surface area (Å²) in [4.78, 5) is 25.1. The Labute approximate surface area is 249 Å². The molecule has 8 heteroatoms. The highest BCUT2D eigenvalue weighted by molar-refractivity contribution is 5.92. The quantitative estimate of drug-likeness (QED) is 0.238. The van der Waals surface area contributed by atoms with Crippen LogP contribution < -0.4 is 14.8 Å². The van der Waals surface area contributed by atoms with Gasteiger partial charge in [0, 0.05) is 12.1 Å². The standard InChI is InChI=1S/C34H43NO7/c1-24-17-29(39-20-25-13-9-7-10-14-25)30(40-21-26-15-11-8-12-16-26)18-28(24)31(37)41-22-27(36)19-35-34(5,6)23-42-32(38)33(2,3)4/h7-18,27,35-36H,19-23H2,1-6H3. The zero-order valence-electron chi connectivity index (χ0n) is 25.4. The molecule has 0 saturated carbocycles. The van der Waals surface area contributed by atoms with E-state index < -0.39 is 23.0 Å². The Balaban J connectivity index is 1.62. The molecule has 0 fully saturated rings. The van der Waals surface area contributed by atoms with Crippen LogP contribution in [0.4, 0.5) is 0 Å². The van der Waals surface area contributed by atoms with Crippen molar-refractivity contribution >= 4 is 11.9 Å². The van der Waals surface area contributed by atoms with Gasteiger partial charge in [0.25, 0.3) is 0 Å². The van der Waals surface area contributed by atoms with E-state index in [1.807, 2.05) is 74.5 Å². The Hall–Kier alpha value is -3.88. The fourth-order valence-electron chi connectivity index (χ4n) is 3.79. The van der Waals surface area contributed by atoms with Crippen LogP contribution in [-0.4, -0.2) is 48.4 Å². The highest BCUT2D eigenvalue weighted by Gasteiger charge is 2.27. The van der Waals surface area contributed by atoms with E-state index in [1.165, 1.54) is 0 Å². The van der Waals surface area contributed by atoms with E-state index in [2.05, 4.69) is 5.32 Å². The summed E-state index contributed by atoms with van der Waals surface area (Å²) < 4.78 is 23.0. The highest BCUT2D eigenvalue weighted by Crippen LogP contribution is 2.33. The molecule has 0 amide bonds. The second kappa shape index (κ2) is 14.8. The minimum absolute atomic E-state index is 0.138. The third-order valence-corrected chi connectivity index (χ3v) is 6.38. The highest BCUT2D eigenvalue weighted by atomic mass is 16.5. The molecule has 0 spiro atoms. The molecule has 3 aromatic carbocycles. The first kappa shape index (κ1) is 32.6. The van der Waals surface area contributed by atoms with Crippen molar-refractivity contribution in [3.8, 4) is 11.5 Å². The number of ether oxygens (including phenoxy) is 4. The average molecular weight is 578 g/mol. The first-order valence-electron chi connectivity index (χ1n) is 14.1. The molecule has 8 nitrogen and oxygen atoms in total. The van der Waals surface area contributed by atoms with E-state index in [4.69, 9.17) is 18.9 Å². The number of β-amino-alcohol motifs (C(OH)–C–C–N with tert-alkyl or cyclic N) is 1. The van der Waals surface area contributed by atoms with Crippen LogP contribution in [0.3, 0.4) is 0 Å². The molecule has 1 unspecified atom stereocenters. The molecule has 2 N–H and O–H groups in total. The van der Waals surface area contributed by atoms with E-state index in [-0.39, 0.29) is 25.7 Å². The van der Waals surface area contributed by atoms with Crippen LogP contribution in [0.25, 0.3) is 0 Å². The minimum Gasteiger partial charge on any atom is -0.485 e. The van der Waals surface area contributed by atoms with Gasteiger partial charge in [-0.1, -0.05) is 60.7 Å². The molecule has 0 aliphatic rings. The van der Waals surface area contributed by atoms with Crippen molar-refractivity contribution in [1.82, 2.24) is 5.32 Å². The van der Waals surface area contributed by atoms with Gasteiger partial charge in [-0.15, -0.1) is 0 Å². The summed E-state index contributed by atoms with van der Waals surface area (Å²) in [7, 11) is 0. The van der Waals surface area contributed by atoms with Crippen LogP contribution in [-0.2, 0) is 27.5 Å². The second-order valence-corrected chi connectivity index (χ2v) is 12.0. The van der Waals surface area contributed by atoms with Crippen molar-refractivity contribution in [2.24, 2.45) is 5.41 Å². The van der Waals surface area contributed by atoms with Gasteiger partial charge in [0.15, 0.2) is 11.5 Å². The fraction of sp³-hybridized carbons (Fsp3) is 0.412. The summed E-state index contributed by atoms with van der Waals surface area (Å²) in [5, 5.41) is 13.6. The van der Waals surface area contributed by atoms with Gasteiger partial charge in [-0.2, -0.15) is 0 Å². The van der Waals surface area contributed by atoms with Gasteiger partial charge in [-0.3, -0.25) is 4.79 Å². The number of rotatable bonds is 14. The van der Waals surface area contributed by atoms with Gasteiger partial charge in [-0.05, 0) is 70.4 Å². The van der Waals surface area contributed by atoms with Crippen LogP contribution in [0, 0.1) is 12.3 Å². The number of aliphatic hydroxyl groups excluding tert-OH is 1. The number of aryl methyl sites for hydroxylation is 1. The molecule has 0 aliphatic heterocycles. The van der Waals surface area contributed by atoms with Crippen LogP contribution >= 0.6 is 0 Å². The Morgan fingerprint density at radius 3 is 1.86 bits per heavy atom. The summed E-state index contributed by atoms with van der Waals surface area (Å²) in [5.74, 6) is 0.0541. The number of nitrogens with one attached hydrogen (secondary N) is 1. The number of carbonyl (C=O) groups is 2. The first-order chi connectivity index (χ1) is 19.8. The molecule has 1 atom stereocenters. The Morgan fingerprint density at radius 1 is 0.810 bits per heavy atom. The lowest BCUT2D eigenvalue weighted by Gasteiger charge is -2.28. The van der Waals surface area contributed by atoms with Gasteiger partial charge < -0.3 is 29.4 Å². The predicted octanol–water partition coefficient (Wildman–Crippen LogP) is 5.63. The third kappa shape index (κ3) is 10.5. The maximum atomic E-state index is 13.1. The smallest absolute Gasteiger partial charge is 0.338 e. The second-order valence-electron chi connectivity index (χ2n) is 12.0. The summed E-state index contributed by atoms with van der Waals surface area (Å²) >= 11 is 0. The van der Waals surface area contributed by atoms with Gasteiger partial charge in [0.2, 0.25) is 0 Å². The Bertz CT molecular complexity index is 1300. The monoisotopic (exact) mass is 577 g/mol. The number of aliphatic hydroxyl groups is 1. The molecule has 0 saturated heterocycles. The van der Waals surface area contributed by atoms with Crippen LogP contribution in [0.1, 0.15) is 61.7 Å². The third-order valence-electron chi connectivity index (χ3n) is 6.38. The number of carbonyl (C=O) groups excluding carboxylic acids is 2. The fourth-order valence-corrected chi connectivity index (χ4v) is 3.79. The van der Waals surface area contributed by atoms with E-state index in [0.29, 0.717) is 35.8 Å². The summed E-state index contributed by atoms with van der Waals surface area (Å²) in [6.07, 6.45) is -0.964. The summed E-state index contributed by atoms with van der Waals surface area (Å²) in [5.41, 5.74) is 1.78. The molecule has 0 aliphatic carbocycles. The molecule has 0 radical (unpaired) electrons. The first-order valence-corrected chi connectivity index (χ1v) is 14.1. The largest absolute Gasteiger partial charge is 0.485 e.